The highest BCUT2D eigenvalue weighted by molar-refractivity contribution is 5.78. The molecule has 0 saturated heterocycles. The van der Waals surface area contributed by atoms with Crippen LogP contribution in [0.4, 0.5) is 0 Å². The number of nitrogens with one attached hydrogen (secondary N) is 1. The van der Waals surface area contributed by atoms with Crippen molar-refractivity contribution in [3.63, 3.8) is 0 Å². The van der Waals surface area contributed by atoms with Crippen molar-refractivity contribution in [2.75, 3.05) is 6.54 Å². The molecule has 0 bridgehead atoms. The molecule has 2 aromatic rings. The standard InChI is InChI=1S/C14H16N2O2/c1-2-8-15-14(17)10-12-9-13(18-16-12)11-6-4-3-5-7-11/h3-7,9H,2,8,10H2,1H3,(H,15,17). The minimum atomic E-state index is -0.0234. The van der Waals surface area contributed by atoms with Crippen LogP contribution in [-0.2, 0) is 11.2 Å². The van der Waals surface area contributed by atoms with E-state index in [-0.39, 0.29) is 12.3 Å². The maximum atomic E-state index is 11.5. The van der Waals surface area contributed by atoms with Crippen molar-refractivity contribution in [2.45, 2.75) is 19.8 Å². The monoisotopic (exact) mass is 244 g/mol. The Hall–Kier alpha value is -2.10. The van der Waals surface area contributed by atoms with Crippen molar-refractivity contribution in [1.29, 1.82) is 0 Å². The summed E-state index contributed by atoms with van der Waals surface area (Å²) in [5.74, 6) is 0.665. The zero-order chi connectivity index (χ0) is 12.8. The van der Waals surface area contributed by atoms with Crippen LogP contribution >= 0.6 is 0 Å². The van der Waals surface area contributed by atoms with Gasteiger partial charge in [0, 0.05) is 18.2 Å². The number of carbonyl (C=O) groups is 1. The first-order chi connectivity index (χ1) is 8.79. The number of aromatic nitrogens is 1. The normalized spacial score (nSPS) is 10.3. The molecule has 94 valence electrons. The maximum absolute atomic E-state index is 11.5. The van der Waals surface area contributed by atoms with Gasteiger partial charge in [-0.1, -0.05) is 42.4 Å². The number of hydrogen-bond acceptors (Lipinski definition) is 3. The Morgan fingerprint density at radius 2 is 2.11 bits per heavy atom. The Morgan fingerprint density at radius 1 is 1.33 bits per heavy atom. The maximum Gasteiger partial charge on any atom is 0.226 e. The Kier molecular flexibility index (Phi) is 4.12. The third-order valence-electron chi connectivity index (χ3n) is 2.53. The molecule has 0 aliphatic carbocycles. The van der Waals surface area contributed by atoms with Crippen LogP contribution in [0.25, 0.3) is 11.3 Å². The second-order valence-electron chi connectivity index (χ2n) is 4.08. The summed E-state index contributed by atoms with van der Waals surface area (Å²) in [7, 11) is 0. The Labute approximate surface area is 106 Å². The van der Waals surface area contributed by atoms with E-state index in [9.17, 15) is 4.79 Å². The number of nitrogens with zero attached hydrogens (tertiary/aromatic N) is 1. The van der Waals surface area contributed by atoms with Crippen molar-refractivity contribution in [2.24, 2.45) is 0 Å². The van der Waals surface area contributed by atoms with E-state index in [2.05, 4.69) is 10.5 Å². The SMILES string of the molecule is CCCNC(=O)Cc1cc(-c2ccccc2)on1. The molecule has 1 N–H and O–H groups in total. The van der Waals surface area contributed by atoms with Gasteiger partial charge < -0.3 is 9.84 Å². The molecular weight excluding hydrogens is 228 g/mol. The molecule has 18 heavy (non-hydrogen) atoms. The number of rotatable bonds is 5. The molecule has 4 nitrogen and oxygen atoms in total. The molecule has 0 aliphatic rings. The number of amides is 1. The average molecular weight is 244 g/mol. The molecule has 0 aliphatic heterocycles. The highest BCUT2D eigenvalue weighted by Gasteiger charge is 2.09. The summed E-state index contributed by atoms with van der Waals surface area (Å²) in [4.78, 5) is 11.5. The summed E-state index contributed by atoms with van der Waals surface area (Å²) in [6, 6.07) is 11.5. The highest BCUT2D eigenvalue weighted by Crippen LogP contribution is 2.19. The zero-order valence-corrected chi connectivity index (χ0v) is 10.3. The summed E-state index contributed by atoms with van der Waals surface area (Å²) in [6.45, 7) is 2.71. The fraction of sp³-hybridized carbons (Fsp3) is 0.286. The van der Waals surface area contributed by atoms with E-state index in [1.807, 2.05) is 37.3 Å². The van der Waals surface area contributed by atoms with E-state index in [0.717, 1.165) is 12.0 Å². The van der Waals surface area contributed by atoms with Gasteiger partial charge in [-0.25, -0.2) is 0 Å². The van der Waals surface area contributed by atoms with Gasteiger partial charge in [0.1, 0.15) is 0 Å². The smallest absolute Gasteiger partial charge is 0.226 e. The van der Waals surface area contributed by atoms with Crippen molar-refractivity contribution in [1.82, 2.24) is 10.5 Å². The van der Waals surface area contributed by atoms with Crippen molar-refractivity contribution >= 4 is 5.91 Å². The fourth-order valence-electron chi connectivity index (χ4n) is 1.63. The molecule has 0 spiro atoms. The molecule has 1 aromatic heterocycles. The van der Waals surface area contributed by atoms with Crippen molar-refractivity contribution in [3.05, 3.63) is 42.1 Å². The van der Waals surface area contributed by atoms with Crippen LogP contribution in [-0.4, -0.2) is 17.6 Å². The molecule has 4 heteroatoms. The second-order valence-corrected chi connectivity index (χ2v) is 4.08. The predicted octanol–water partition coefficient (Wildman–Crippen LogP) is 2.41. The Bertz CT molecular complexity index is 506. The second kappa shape index (κ2) is 6.00. The Morgan fingerprint density at radius 3 is 2.83 bits per heavy atom. The Balaban J connectivity index is 2.00. The predicted molar refractivity (Wildman–Crippen MR) is 68.9 cm³/mol. The van der Waals surface area contributed by atoms with Crippen LogP contribution in [0, 0.1) is 0 Å². The van der Waals surface area contributed by atoms with Crippen LogP contribution in [0.2, 0.25) is 0 Å². The third-order valence-corrected chi connectivity index (χ3v) is 2.53. The first-order valence-corrected chi connectivity index (χ1v) is 6.07. The quantitative estimate of drug-likeness (QED) is 0.878. The molecule has 1 heterocycles. The summed E-state index contributed by atoms with van der Waals surface area (Å²) < 4.78 is 5.23. The molecule has 0 atom stereocenters. The lowest BCUT2D eigenvalue weighted by molar-refractivity contribution is -0.120. The van der Waals surface area contributed by atoms with Crippen molar-refractivity contribution in [3.8, 4) is 11.3 Å². The minimum absolute atomic E-state index is 0.0234. The number of benzene rings is 1. The third kappa shape index (κ3) is 3.20. The van der Waals surface area contributed by atoms with Gasteiger partial charge in [0.2, 0.25) is 5.91 Å². The molecule has 0 unspecified atom stereocenters. The van der Waals surface area contributed by atoms with Gasteiger partial charge in [-0.05, 0) is 6.42 Å². The summed E-state index contributed by atoms with van der Waals surface area (Å²) in [5, 5.41) is 6.71. The summed E-state index contributed by atoms with van der Waals surface area (Å²) in [6.07, 6.45) is 1.19. The van der Waals surface area contributed by atoms with Gasteiger partial charge in [-0.2, -0.15) is 0 Å². The number of carbonyl (C=O) groups excluding carboxylic acids is 1. The van der Waals surface area contributed by atoms with E-state index >= 15 is 0 Å². The topological polar surface area (TPSA) is 55.1 Å². The van der Waals surface area contributed by atoms with E-state index in [1.54, 1.807) is 6.07 Å². The van der Waals surface area contributed by atoms with Crippen molar-refractivity contribution < 1.29 is 9.32 Å². The lowest BCUT2D eigenvalue weighted by Gasteiger charge is -1.99. The van der Waals surface area contributed by atoms with Gasteiger partial charge >= 0.3 is 0 Å². The van der Waals surface area contributed by atoms with Gasteiger partial charge in [-0.3, -0.25) is 4.79 Å². The van der Waals surface area contributed by atoms with Crippen LogP contribution < -0.4 is 5.32 Å². The van der Waals surface area contributed by atoms with Crippen LogP contribution in [0.3, 0.4) is 0 Å². The van der Waals surface area contributed by atoms with Crippen LogP contribution in [0.15, 0.2) is 40.9 Å². The molecule has 1 amide bonds. The highest BCUT2D eigenvalue weighted by atomic mass is 16.5. The van der Waals surface area contributed by atoms with Gasteiger partial charge in [-0.15, -0.1) is 0 Å². The van der Waals surface area contributed by atoms with E-state index in [0.29, 0.717) is 18.0 Å². The molecule has 0 fully saturated rings. The molecule has 0 radical (unpaired) electrons. The summed E-state index contributed by atoms with van der Waals surface area (Å²) >= 11 is 0. The molecule has 1 aromatic carbocycles. The van der Waals surface area contributed by atoms with E-state index < -0.39 is 0 Å². The fourth-order valence-corrected chi connectivity index (χ4v) is 1.63. The van der Waals surface area contributed by atoms with Gasteiger partial charge in [0.05, 0.1) is 12.1 Å². The average Bonchev–Trinajstić information content (AvgIpc) is 2.86. The van der Waals surface area contributed by atoms with E-state index in [4.69, 9.17) is 4.52 Å². The minimum Gasteiger partial charge on any atom is -0.356 e. The van der Waals surface area contributed by atoms with Crippen LogP contribution in [0.1, 0.15) is 19.0 Å². The first kappa shape index (κ1) is 12.4. The molecule has 2 rings (SSSR count). The molecule has 0 saturated carbocycles. The van der Waals surface area contributed by atoms with Crippen LogP contribution in [0.5, 0.6) is 0 Å². The lowest BCUT2D eigenvalue weighted by atomic mass is 10.1. The first-order valence-electron chi connectivity index (χ1n) is 6.07. The molecular formula is C14H16N2O2. The zero-order valence-electron chi connectivity index (χ0n) is 10.3. The van der Waals surface area contributed by atoms with Gasteiger partial charge in [0.25, 0.3) is 0 Å². The number of hydrogen-bond donors (Lipinski definition) is 1. The van der Waals surface area contributed by atoms with E-state index in [1.165, 1.54) is 0 Å². The largest absolute Gasteiger partial charge is 0.356 e. The van der Waals surface area contributed by atoms with Gasteiger partial charge in [0.15, 0.2) is 5.76 Å². The lowest BCUT2D eigenvalue weighted by Crippen LogP contribution is -2.25. The summed E-state index contributed by atoms with van der Waals surface area (Å²) in [5.41, 5.74) is 1.62.